The molecular weight excluding hydrogens is 318 g/mol. The molecule has 24 heavy (non-hydrogen) atoms. The number of likely N-dealkylation sites (tertiary alicyclic amines) is 1. The number of rotatable bonds is 2. The normalized spacial score (nSPS) is 28.0. The van der Waals surface area contributed by atoms with Gasteiger partial charge in [0.2, 0.25) is 0 Å². The average Bonchev–Trinajstić information content (AvgIpc) is 2.91. The molecule has 0 radical (unpaired) electrons. The second-order valence-corrected chi connectivity index (χ2v) is 7.82. The third-order valence-corrected chi connectivity index (χ3v) is 6.27. The maximum atomic E-state index is 11.9. The van der Waals surface area contributed by atoms with E-state index in [2.05, 4.69) is 30.1 Å². The smallest absolute Gasteiger partial charge is 0.118 e. The minimum Gasteiger partial charge on any atom is -0.380 e. The van der Waals surface area contributed by atoms with Crippen LogP contribution in [0.4, 0.5) is 0 Å². The highest BCUT2D eigenvalue weighted by Crippen LogP contribution is 2.51. The molecule has 2 atom stereocenters. The lowest BCUT2D eigenvalue weighted by molar-refractivity contribution is -0.0120. The third-order valence-electron chi connectivity index (χ3n) is 6.02. The van der Waals surface area contributed by atoms with Gasteiger partial charge in [0.15, 0.2) is 0 Å². The van der Waals surface area contributed by atoms with Crippen LogP contribution in [0.15, 0.2) is 48.5 Å². The van der Waals surface area contributed by atoms with Crippen molar-refractivity contribution in [1.29, 1.82) is 0 Å². The van der Waals surface area contributed by atoms with E-state index in [1.807, 2.05) is 30.3 Å². The molecule has 3 heteroatoms. The zero-order valence-electron chi connectivity index (χ0n) is 14.1. The summed E-state index contributed by atoms with van der Waals surface area (Å²) in [4.78, 5) is 2.39. The predicted molar refractivity (Wildman–Crippen MR) is 98.3 cm³/mol. The van der Waals surface area contributed by atoms with Gasteiger partial charge < -0.3 is 10.0 Å². The summed E-state index contributed by atoms with van der Waals surface area (Å²) in [5.41, 5.74) is 2.44. The standard InChI is InChI=1S/C21H24ClNO/c1-23-12-10-15(11-13-23)20-14-16-4-2-3-5-19(16)21(20,24)17-6-8-18(22)9-7-17/h2-9,15,20,24H,10-14H2,1H3/t20-,21+/m1/s1. The van der Waals surface area contributed by atoms with Gasteiger partial charge in [0.25, 0.3) is 0 Å². The van der Waals surface area contributed by atoms with E-state index in [1.165, 1.54) is 5.56 Å². The maximum absolute atomic E-state index is 11.9. The molecule has 126 valence electrons. The van der Waals surface area contributed by atoms with Crippen LogP contribution >= 0.6 is 11.6 Å². The topological polar surface area (TPSA) is 23.5 Å². The Morgan fingerprint density at radius 1 is 1.04 bits per heavy atom. The van der Waals surface area contributed by atoms with Gasteiger partial charge in [0.1, 0.15) is 5.60 Å². The van der Waals surface area contributed by atoms with Crippen molar-refractivity contribution in [2.45, 2.75) is 24.9 Å². The van der Waals surface area contributed by atoms with Crippen LogP contribution in [-0.4, -0.2) is 30.1 Å². The van der Waals surface area contributed by atoms with Crippen molar-refractivity contribution >= 4 is 11.6 Å². The molecule has 1 heterocycles. The highest BCUT2D eigenvalue weighted by Gasteiger charge is 2.49. The molecule has 1 aliphatic heterocycles. The highest BCUT2D eigenvalue weighted by atomic mass is 35.5. The van der Waals surface area contributed by atoms with E-state index >= 15 is 0 Å². The van der Waals surface area contributed by atoms with Crippen molar-refractivity contribution in [2.75, 3.05) is 20.1 Å². The molecular formula is C21H24ClNO. The Kier molecular flexibility index (Phi) is 4.16. The molecule has 0 bridgehead atoms. The van der Waals surface area contributed by atoms with Gasteiger partial charge in [-0.05, 0) is 74.1 Å². The van der Waals surface area contributed by atoms with Gasteiger partial charge in [0, 0.05) is 10.9 Å². The van der Waals surface area contributed by atoms with Gasteiger partial charge in [-0.1, -0.05) is 48.0 Å². The Labute approximate surface area is 149 Å². The van der Waals surface area contributed by atoms with E-state index in [9.17, 15) is 5.11 Å². The number of piperidine rings is 1. The Hall–Kier alpha value is -1.35. The molecule has 0 unspecified atom stereocenters. The first-order valence-corrected chi connectivity index (χ1v) is 9.22. The molecule has 2 aromatic carbocycles. The van der Waals surface area contributed by atoms with E-state index in [-0.39, 0.29) is 5.92 Å². The lowest BCUT2D eigenvalue weighted by Gasteiger charge is -2.40. The lowest BCUT2D eigenvalue weighted by atomic mass is 9.71. The van der Waals surface area contributed by atoms with Crippen LogP contribution < -0.4 is 0 Å². The van der Waals surface area contributed by atoms with E-state index < -0.39 is 5.60 Å². The molecule has 2 nitrogen and oxygen atoms in total. The van der Waals surface area contributed by atoms with E-state index in [1.54, 1.807) is 0 Å². The summed E-state index contributed by atoms with van der Waals surface area (Å²) in [6.45, 7) is 2.24. The molecule has 0 aromatic heterocycles. The number of hydrogen-bond acceptors (Lipinski definition) is 2. The van der Waals surface area contributed by atoms with Crippen LogP contribution in [0.3, 0.4) is 0 Å². The van der Waals surface area contributed by atoms with Crippen molar-refractivity contribution < 1.29 is 5.11 Å². The molecule has 0 amide bonds. The van der Waals surface area contributed by atoms with Gasteiger partial charge >= 0.3 is 0 Å². The molecule has 0 saturated carbocycles. The predicted octanol–water partition coefficient (Wildman–Crippen LogP) is 4.09. The number of aliphatic hydroxyl groups is 1. The second kappa shape index (κ2) is 6.18. The van der Waals surface area contributed by atoms with Gasteiger partial charge in [-0.2, -0.15) is 0 Å². The first-order valence-electron chi connectivity index (χ1n) is 8.84. The number of hydrogen-bond donors (Lipinski definition) is 1. The number of fused-ring (bicyclic) bond motifs is 1. The fourth-order valence-electron chi connectivity index (χ4n) is 4.67. The van der Waals surface area contributed by atoms with Crippen molar-refractivity contribution in [2.24, 2.45) is 11.8 Å². The van der Waals surface area contributed by atoms with Crippen LogP contribution in [0.1, 0.15) is 29.5 Å². The monoisotopic (exact) mass is 341 g/mol. The van der Waals surface area contributed by atoms with Crippen LogP contribution in [0.5, 0.6) is 0 Å². The summed E-state index contributed by atoms with van der Waals surface area (Å²) in [6.07, 6.45) is 3.28. The van der Waals surface area contributed by atoms with Crippen molar-refractivity contribution in [3.05, 3.63) is 70.2 Å². The lowest BCUT2D eigenvalue weighted by Crippen LogP contribution is -2.42. The van der Waals surface area contributed by atoms with Gasteiger partial charge in [-0.3, -0.25) is 0 Å². The van der Waals surface area contributed by atoms with E-state index in [0.717, 1.165) is 43.5 Å². The number of benzene rings is 2. The summed E-state index contributed by atoms with van der Waals surface area (Å²) < 4.78 is 0. The van der Waals surface area contributed by atoms with Crippen molar-refractivity contribution in [3.8, 4) is 0 Å². The zero-order valence-corrected chi connectivity index (χ0v) is 14.8. The van der Waals surface area contributed by atoms with Crippen LogP contribution in [0, 0.1) is 11.8 Å². The van der Waals surface area contributed by atoms with E-state index in [4.69, 9.17) is 11.6 Å². The van der Waals surface area contributed by atoms with Crippen molar-refractivity contribution in [1.82, 2.24) is 4.90 Å². The molecule has 1 fully saturated rings. The zero-order chi connectivity index (χ0) is 16.7. The molecule has 1 saturated heterocycles. The third kappa shape index (κ3) is 2.57. The Balaban J connectivity index is 1.77. The van der Waals surface area contributed by atoms with Crippen LogP contribution in [0.25, 0.3) is 0 Å². The molecule has 0 spiro atoms. The van der Waals surface area contributed by atoms with Gasteiger partial charge in [-0.25, -0.2) is 0 Å². The SMILES string of the molecule is CN1CCC([C@H]2Cc3ccccc3[C@@]2(O)c2ccc(Cl)cc2)CC1. The molecule has 4 rings (SSSR count). The Morgan fingerprint density at radius 3 is 2.42 bits per heavy atom. The second-order valence-electron chi connectivity index (χ2n) is 7.38. The molecule has 2 aromatic rings. The average molecular weight is 342 g/mol. The van der Waals surface area contributed by atoms with Crippen LogP contribution in [-0.2, 0) is 12.0 Å². The minimum atomic E-state index is -0.901. The summed E-state index contributed by atoms with van der Waals surface area (Å²) in [5, 5.41) is 12.6. The van der Waals surface area contributed by atoms with Crippen LogP contribution in [0.2, 0.25) is 5.02 Å². The largest absolute Gasteiger partial charge is 0.380 e. The summed E-state index contributed by atoms with van der Waals surface area (Å²) >= 11 is 6.08. The molecule has 2 aliphatic rings. The Morgan fingerprint density at radius 2 is 1.71 bits per heavy atom. The quantitative estimate of drug-likeness (QED) is 0.889. The highest BCUT2D eigenvalue weighted by molar-refractivity contribution is 6.30. The summed E-state index contributed by atoms with van der Waals surface area (Å²) in [7, 11) is 2.19. The van der Waals surface area contributed by atoms with E-state index in [0.29, 0.717) is 10.9 Å². The number of nitrogens with zero attached hydrogens (tertiary/aromatic N) is 1. The van der Waals surface area contributed by atoms with Gasteiger partial charge in [-0.15, -0.1) is 0 Å². The van der Waals surface area contributed by atoms with Gasteiger partial charge in [0.05, 0.1) is 0 Å². The van der Waals surface area contributed by atoms with Crippen molar-refractivity contribution in [3.63, 3.8) is 0 Å². The number of halogens is 1. The fourth-order valence-corrected chi connectivity index (χ4v) is 4.79. The first kappa shape index (κ1) is 16.1. The Bertz CT molecular complexity index is 721. The fraction of sp³-hybridized carbons (Fsp3) is 0.429. The summed E-state index contributed by atoms with van der Waals surface area (Å²) in [6, 6.07) is 16.2. The molecule has 1 aliphatic carbocycles. The molecule has 1 N–H and O–H groups in total. The minimum absolute atomic E-state index is 0.241. The first-order chi connectivity index (χ1) is 11.6. The maximum Gasteiger partial charge on any atom is 0.118 e. The summed E-state index contributed by atoms with van der Waals surface area (Å²) in [5.74, 6) is 0.791.